The van der Waals surface area contributed by atoms with Crippen LogP contribution in [-0.2, 0) is 0 Å². The second-order valence-electron chi connectivity index (χ2n) is 1.96. The standard InChI is InChI=1S/C6H7N3O/c7-9-8-5-3-1-2-4-6(5)10/h1-6,10H/t5-,6-/m1/s1. The largest absolute Gasteiger partial charge is 0.388 e. The van der Waals surface area contributed by atoms with Crippen LogP contribution in [0, 0.1) is 0 Å². The van der Waals surface area contributed by atoms with Crippen LogP contribution in [-0.4, -0.2) is 17.3 Å². The van der Waals surface area contributed by atoms with E-state index in [-0.39, 0.29) is 0 Å². The Balaban J connectivity index is 2.69. The first kappa shape index (κ1) is 6.86. The second-order valence-corrected chi connectivity index (χ2v) is 1.96. The topological polar surface area (TPSA) is 69.0 Å². The summed E-state index contributed by atoms with van der Waals surface area (Å²) in [6.45, 7) is 0. The highest BCUT2D eigenvalue weighted by Crippen LogP contribution is 2.07. The lowest BCUT2D eigenvalue weighted by atomic mass is 10.1. The van der Waals surface area contributed by atoms with Crippen LogP contribution < -0.4 is 0 Å². The second kappa shape index (κ2) is 3.06. The number of allylic oxidation sites excluding steroid dienone is 2. The van der Waals surface area contributed by atoms with E-state index in [0.717, 1.165) is 0 Å². The molecule has 1 aliphatic carbocycles. The molecule has 0 radical (unpaired) electrons. The Morgan fingerprint density at radius 1 is 1.40 bits per heavy atom. The molecule has 4 heteroatoms. The van der Waals surface area contributed by atoms with Crippen LogP contribution in [0.3, 0.4) is 0 Å². The number of aliphatic hydroxyl groups excluding tert-OH is 1. The minimum Gasteiger partial charge on any atom is -0.388 e. The summed E-state index contributed by atoms with van der Waals surface area (Å²) in [4.78, 5) is 2.59. The van der Waals surface area contributed by atoms with Crippen LogP contribution in [0.15, 0.2) is 29.4 Å². The molecule has 0 aliphatic heterocycles. The van der Waals surface area contributed by atoms with Crippen molar-refractivity contribution in [2.24, 2.45) is 5.11 Å². The molecular formula is C6H7N3O. The highest BCUT2D eigenvalue weighted by Gasteiger charge is 2.12. The summed E-state index contributed by atoms with van der Waals surface area (Å²) in [5, 5.41) is 12.5. The number of azide groups is 1. The Kier molecular flexibility index (Phi) is 2.10. The third kappa shape index (κ3) is 1.37. The molecule has 1 aliphatic rings. The summed E-state index contributed by atoms with van der Waals surface area (Å²) in [5.41, 5.74) is 8.03. The summed E-state index contributed by atoms with van der Waals surface area (Å²) < 4.78 is 0. The zero-order chi connectivity index (χ0) is 7.40. The molecule has 2 atom stereocenters. The highest BCUT2D eigenvalue weighted by molar-refractivity contribution is 5.18. The molecule has 0 saturated carbocycles. The third-order valence-electron chi connectivity index (χ3n) is 1.26. The van der Waals surface area contributed by atoms with E-state index < -0.39 is 12.1 Å². The van der Waals surface area contributed by atoms with Gasteiger partial charge in [0, 0.05) is 4.91 Å². The van der Waals surface area contributed by atoms with Crippen molar-refractivity contribution < 1.29 is 5.11 Å². The maximum absolute atomic E-state index is 9.10. The van der Waals surface area contributed by atoms with Gasteiger partial charge in [0.05, 0.1) is 12.1 Å². The lowest BCUT2D eigenvalue weighted by molar-refractivity contribution is 0.207. The monoisotopic (exact) mass is 137 g/mol. The summed E-state index contributed by atoms with van der Waals surface area (Å²) in [5.74, 6) is 0. The maximum atomic E-state index is 9.10. The minimum absolute atomic E-state index is 0.435. The molecule has 0 fully saturated rings. The summed E-state index contributed by atoms with van der Waals surface area (Å²) in [7, 11) is 0. The van der Waals surface area contributed by atoms with E-state index in [4.69, 9.17) is 10.6 Å². The molecule has 0 aromatic heterocycles. The maximum Gasteiger partial charge on any atom is 0.0854 e. The molecule has 52 valence electrons. The summed E-state index contributed by atoms with van der Waals surface area (Å²) in [6.07, 6.45) is 6.03. The van der Waals surface area contributed by atoms with Gasteiger partial charge in [-0.2, -0.15) is 0 Å². The smallest absolute Gasteiger partial charge is 0.0854 e. The van der Waals surface area contributed by atoms with E-state index in [9.17, 15) is 0 Å². The van der Waals surface area contributed by atoms with E-state index in [1.165, 1.54) is 0 Å². The quantitative estimate of drug-likeness (QED) is 0.328. The van der Waals surface area contributed by atoms with Crippen molar-refractivity contribution in [3.63, 3.8) is 0 Å². The molecule has 0 heterocycles. The van der Waals surface area contributed by atoms with Crippen LogP contribution >= 0.6 is 0 Å². The van der Waals surface area contributed by atoms with Crippen LogP contribution in [0.25, 0.3) is 10.4 Å². The van der Waals surface area contributed by atoms with Gasteiger partial charge in [-0.25, -0.2) is 0 Å². The van der Waals surface area contributed by atoms with Crippen molar-refractivity contribution in [1.82, 2.24) is 0 Å². The van der Waals surface area contributed by atoms with Crippen molar-refractivity contribution in [1.29, 1.82) is 0 Å². The number of aliphatic hydroxyl groups is 1. The Bertz CT molecular complexity index is 215. The zero-order valence-corrected chi connectivity index (χ0v) is 5.25. The lowest BCUT2D eigenvalue weighted by Crippen LogP contribution is -2.20. The van der Waals surface area contributed by atoms with E-state index in [1.807, 2.05) is 0 Å². The van der Waals surface area contributed by atoms with Gasteiger partial charge in [-0.3, -0.25) is 0 Å². The Morgan fingerprint density at radius 2 is 2.10 bits per heavy atom. The van der Waals surface area contributed by atoms with E-state index in [2.05, 4.69) is 10.0 Å². The highest BCUT2D eigenvalue weighted by atomic mass is 16.3. The Morgan fingerprint density at radius 3 is 2.70 bits per heavy atom. The number of rotatable bonds is 1. The molecule has 4 nitrogen and oxygen atoms in total. The average Bonchev–Trinajstić information content (AvgIpc) is 1.94. The van der Waals surface area contributed by atoms with Crippen LogP contribution in [0.4, 0.5) is 0 Å². The van der Waals surface area contributed by atoms with E-state index in [0.29, 0.717) is 0 Å². The van der Waals surface area contributed by atoms with E-state index >= 15 is 0 Å². The molecule has 0 aromatic rings. The SMILES string of the molecule is [N-]=[N+]=N[C@@H]1C=CC=C[C@H]1O. The lowest BCUT2D eigenvalue weighted by Gasteiger charge is -2.12. The van der Waals surface area contributed by atoms with Crippen molar-refractivity contribution in [2.45, 2.75) is 12.1 Å². The minimum atomic E-state index is -0.666. The molecule has 1 rings (SSSR count). The van der Waals surface area contributed by atoms with Gasteiger partial charge < -0.3 is 5.11 Å². The average molecular weight is 137 g/mol. The predicted molar refractivity (Wildman–Crippen MR) is 37.2 cm³/mol. The van der Waals surface area contributed by atoms with Crippen molar-refractivity contribution >= 4 is 0 Å². The molecule has 0 aromatic carbocycles. The Labute approximate surface area is 58.1 Å². The van der Waals surface area contributed by atoms with Gasteiger partial charge in [0.2, 0.25) is 0 Å². The zero-order valence-electron chi connectivity index (χ0n) is 5.25. The third-order valence-corrected chi connectivity index (χ3v) is 1.26. The van der Waals surface area contributed by atoms with Crippen molar-refractivity contribution in [2.75, 3.05) is 0 Å². The first-order chi connectivity index (χ1) is 4.84. The molecule has 0 amide bonds. The molecule has 10 heavy (non-hydrogen) atoms. The molecule has 0 saturated heterocycles. The van der Waals surface area contributed by atoms with Gasteiger partial charge in [-0.15, -0.1) is 0 Å². The number of nitrogens with zero attached hydrogens (tertiary/aromatic N) is 3. The molecule has 1 N–H and O–H groups in total. The van der Waals surface area contributed by atoms with Gasteiger partial charge in [-0.05, 0) is 5.53 Å². The van der Waals surface area contributed by atoms with Crippen molar-refractivity contribution in [3.05, 3.63) is 34.7 Å². The van der Waals surface area contributed by atoms with Crippen LogP contribution in [0.1, 0.15) is 0 Å². The van der Waals surface area contributed by atoms with E-state index in [1.54, 1.807) is 24.3 Å². The van der Waals surface area contributed by atoms with Crippen molar-refractivity contribution in [3.8, 4) is 0 Å². The van der Waals surface area contributed by atoms with Gasteiger partial charge in [0.25, 0.3) is 0 Å². The van der Waals surface area contributed by atoms with Gasteiger partial charge in [0.1, 0.15) is 0 Å². The Hall–Kier alpha value is -1.25. The molecular weight excluding hydrogens is 130 g/mol. The summed E-state index contributed by atoms with van der Waals surface area (Å²) in [6, 6.07) is -0.435. The van der Waals surface area contributed by atoms with Gasteiger partial charge >= 0.3 is 0 Å². The molecule has 0 spiro atoms. The van der Waals surface area contributed by atoms with Crippen LogP contribution in [0.5, 0.6) is 0 Å². The summed E-state index contributed by atoms with van der Waals surface area (Å²) >= 11 is 0. The van der Waals surface area contributed by atoms with Gasteiger partial charge in [0.15, 0.2) is 0 Å². The number of hydrogen-bond acceptors (Lipinski definition) is 2. The fraction of sp³-hybridized carbons (Fsp3) is 0.333. The van der Waals surface area contributed by atoms with Gasteiger partial charge in [-0.1, -0.05) is 29.4 Å². The van der Waals surface area contributed by atoms with Crippen LogP contribution in [0.2, 0.25) is 0 Å². The molecule has 0 bridgehead atoms. The first-order valence-electron chi connectivity index (χ1n) is 2.92. The number of hydrogen-bond donors (Lipinski definition) is 1. The predicted octanol–water partition coefficient (Wildman–Crippen LogP) is 1.15. The first-order valence-corrected chi connectivity index (χ1v) is 2.92. The fourth-order valence-corrected chi connectivity index (χ4v) is 0.750. The fourth-order valence-electron chi connectivity index (χ4n) is 0.750. The molecule has 0 unspecified atom stereocenters. The normalized spacial score (nSPS) is 29.7.